The first kappa shape index (κ1) is 12.9. The summed E-state index contributed by atoms with van der Waals surface area (Å²) in [5, 5.41) is 8.61. The lowest BCUT2D eigenvalue weighted by Crippen LogP contribution is -1.99. The van der Waals surface area contributed by atoms with E-state index < -0.39 is 5.97 Å². The smallest absolute Gasteiger partial charge is 0.331 e. The quantitative estimate of drug-likeness (QED) is 0.668. The highest BCUT2D eigenvalue weighted by Crippen LogP contribution is 2.16. The molecule has 0 atom stereocenters. The van der Waals surface area contributed by atoms with Crippen LogP contribution in [0.5, 0.6) is 0 Å². The molecule has 0 aliphatic rings. The van der Waals surface area contributed by atoms with E-state index in [4.69, 9.17) is 9.84 Å². The van der Waals surface area contributed by atoms with Crippen LogP contribution in [0.15, 0.2) is 40.4 Å². The molecule has 0 radical (unpaired) electrons. The van der Waals surface area contributed by atoms with Crippen molar-refractivity contribution < 1.29 is 14.6 Å². The van der Waals surface area contributed by atoms with E-state index in [0.29, 0.717) is 18.8 Å². The number of carbonyl (C=O) groups is 1. The number of hydrogen-bond acceptors (Lipinski definition) is 2. The highest BCUT2D eigenvalue weighted by atomic mass is 79.9. The topological polar surface area (TPSA) is 46.5 Å². The molecule has 0 saturated heterocycles. The van der Waals surface area contributed by atoms with Gasteiger partial charge in [-0.3, -0.25) is 0 Å². The summed E-state index contributed by atoms with van der Waals surface area (Å²) in [4.78, 5) is 10.5. The minimum Gasteiger partial charge on any atom is -0.478 e. The first-order valence-corrected chi connectivity index (χ1v) is 5.61. The van der Waals surface area contributed by atoms with Crippen LogP contribution in [0.4, 0.5) is 0 Å². The molecule has 1 N–H and O–H groups in total. The summed E-state index contributed by atoms with van der Waals surface area (Å²) < 4.78 is 6.35. The van der Waals surface area contributed by atoms with Gasteiger partial charge in [-0.15, -0.1) is 0 Å². The molecule has 86 valence electrons. The van der Waals surface area contributed by atoms with Crippen LogP contribution in [-0.4, -0.2) is 17.7 Å². The Bertz CT molecular complexity index is 399. The molecule has 1 aromatic carbocycles. The Labute approximate surface area is 103 Å². The van der Waals surface area contributed by atoms with Crippen LogP contribution in [0.1, 0.15) is 12.5 Å². The van der Waals surface area contributed by atoms with Crippen LogP contribution in [-0.2, 0) is 16.1 Å². The molecule has 0 aliphatic carbocycles. The minimum atomic E-state index is -0.913. The zero-order valence-electron chi connectivity index (χ0n) is 8.94. The largest absolute Gasteiger partial charge is 0.478 e. The molecular weight excluding hydrogens is 272 g/mol. The average molecular weight is 285 g/mol. The fourth-order valence-electron chi connectivity index (χ4n) is 1.06. The zero-order valence-corrected chi connectivity index (χ0v) is 10.5. The monoisotopic (exact) mass is 284 g/mol. The van der Waals surface area contributed by atoms with Gasteiger partial charge in [-0.1, -0.05) is 34.1 Å². The molecule has 0 amide bonds. The standard InChI is InChI=1S/C12H13BrO3/c1-9(12(14)15)6-7-16-8-10-4-2-3-5-11(10)13/h2-6H,7-8H2,1H3,(H,14,15)/b9-6-. The molecule has 0 saturated carbocycles. The van der Waals surface area contributed by atoms with E-state index in [0.717, 1.165) is 10.0 Å². The van der Waals surface area contributed by atoms with Crippen LogP contribution in [0.2, 0.25) is 0 Å². The minimum absolute atomic E-state index is 0.298. The molecule has 0 heterocycles. The Morgan fingerprint density at radius 1 is 1.50 bits per heavy atom. The third kappa shape index (κ3) is 4.16. The Kier molecular flexibility index (Phi) is 5.22. The second kappa shape index (κ2) is 6.45. The van der Waals surface area contributed by atoms with Crippen molar-refractivity contribution in [2.75, 3.05) is 6.61 Å². The van der Waals surface area contributed by atoms with E-state index in [-0.39, 0.29) is 0 Å². The number of aliphatic carboxylic acids is 1. The maximum absolute atomic E-state index is 10.5. The first-order valence-electron chi connectivity index (χ1n) is 4.82. The summed E-state index contributed by atoms with van der Waals surface area (Å²) in [5.41, 5.74) is 1.34. The third-order valence-corrected chi connectivity index (χ3v) is 2.83. The number of carboxylic acids is 1. The predicted octanol–water partition coefficient (Wildman–Crippen LogP) is 3.00. The Morgan fingerprint density at radius 3 is 2.81 bits per heavy atom. The van der Waals surface area contributed by atoms with Gasteiger partial charge in [0.15, 0.2) is 0 Å². The van der Waals surface area contributed by atoms with Gasteiger partial charge in [0.2, 0.25) is 0 Å². The molecule has 16 heavy (non-hydrogen) atoms. The predicted molar refractivity (Wildman–Crippen MR) is 65.2 cm³/mol. The fourth-order valence-corrected chi connectivity index (χ4v) is 1.45. The van der Waals surface area contributed by atoms with Crippen molar-refractivity contribution in [2.45, 2.75) is 13.5 Å². The molecule has 3 nitrogen and oxygen atoms in total. The molecule has 0 fully saturated rings. The van der Waals surface area contributed by atoms with Crippen LogP contribution in [0, 0.1) is 0 Å². The van der Waals surface area contributed by atoms with Crippen LogP contribution >= 0.6 is 15.9 Å². The molecule has 0 bridgehead atoms. The summed E-state index contributed by atoms with van der Waals surface area (Å²) >= 11 is 3.41. The van der Waals surface area contributed by atoms with Gasteiger partial charge < -0.3 is 9.84 Å². The van der Waals surface area contributed by atoms with Gasteiger partial charge in [-0.2, -0.15) is 0 Å². The van der Waals surface area contributed by atoms with Crippen LogP contribution in [0.25, 0.3) is 0 Å². The SMILES string of the molecule is C/C(=C/COCc1ccccc1Br)C(=O)O. The molecule has 1 rings (SSSR count). The van der Waals surface area contributed by atoms with E-state index in [1.165, 1.54) is 0 Å². The summed E-state index contributed by atoms with van der Waals surface area (Å²) in [7, 11) is 0. The van der Waals surface area contributed by atoms with Crippen LogP contribution in [0.3, 0.4) is 0 Å². The normalized spacial score (nSPS) is 11.5. The number of rotatable bonds is 5. The Hall–Kier alpha value is -1.13. The van der Waals surface area contributed by atoms with E-state index >= 15 is 0 Å². The fraction of sp³-hybridized carbons (Fsp3) is 0.250. The van der Waals surface area contributed by atoms with E-state index in [9.17, 15) is 4.79 Å². The highest BCUT2D eigenvalue weighted by Gasteiger charge is 1.99. The lowest BCUT2D eigenvalue weighted by molar-refractivity contribution is -0.132. The molecule has 1 aromatic rings. The summed E-state index contributed by atoms with van der Waals surface area (Å²) in [6.45, 7) is 2.31. The molecular formula is C12H13BrO3. The Balaban J connectivity index is 2.40. The van der Waals surface area contributed by atoms with Gasteiger partial charge in [0.1, 0.15) is 0 Å². The van der Waals surface area contributed by atoms with Crippen molar-refractivity contribution >= 4 is 21.9 Å². The van der Waals surface area contributed by atoms with Crippen molar-refractivity contribution in [3.63, 3.8) is 0 Å². The second-order valence-corrected chi connectivity index (χ2v) is 4.15. The van der Waals surface area contributed by atoms with Crippen molar-refractivity contribution in [2.24, 2.45) is 0 Å². The lowest BCUT2D eigenvalue weighted by atomic mass is 10.2. The molecule has 0 spiro atoms. The van der Waals surface area contributed by atoms with Crippen molar-refractivity contribution in [3.05, 3.63) is 46.0 Å². The highest BCUT2D eigenvalue weighted by molar-refractivity contribution is 9.10. The number of hydrogen-bond donors (Lipinski definition) is 1. The van der Waals surface area contributed by atoms with Gasteiger partial charge in [-0.25, -0.2) is 4.79 Å². The summed E-state index contributed by atoms with van der Waals surface area (Å²) in [5.74, 6) is -0.913. The number of carboxylic acid groups (broad SMARTS) is 1. The third-order valence-electron chi connectivity index (χ3n) is 2.06. The first-order chi connectivity index (χ1) is 7.61. The van der Waals surface area contributed by atoms with E-state index in [1.54, 1.807) is 13.0 Å². The maximum atomic E-state index is 10.5. The van der Waals surface area contributed by atoms with Crippen molar-refractivity contribution in [1.82, 2.24) is 0 Å². The van der Waals surface area contributed by atoms with Gasteiger partial charge in [0.05, 0.1) is 13.2 Å². The lowest BCUT2D eigenvalue weighted by Gasteiger charge is -2.04. The maximum Gasteiger partial charge on any atom is 0.331 e. The molecule has 0 aromatic heterocycles. The van der Waals surface area contributed by atoms with Gasteiger partial charge in [0.25, 0.3) is 0 Å². The second-order valence-electron chi connectivity index (χ2n) is 3.30. The van der Waals surface area contributed by atoms with Crippen LogP contribution < -0.4 is 0 Å². The van der Waals surface area contributed by atoms with Gasteiger partial charge in [-0.05, 0) is 24.6 Å². The van der Waals surface area contributed by atoms with E-state index in [2.05, 4.69) is 15.9 Å². The number of benzene rings is 1. The van der Waals surface area contributed by atoms with Crippen molar-refractivity contribution in [1.29, 1.82) is 0 Å². The summed E-state index contributed by atoms with van der Waals surface area (Å²) in [6, 6.07) is 7.76. The van der Waals surface area contributed by atoms with Gasteiger partial charge >= 0.3 is 5.97 Å². The van der Waals surface area contributed by atoms with E-state index in [1.807, 2.05) is 24.3 Å². The van der Waals surface area contributed by atoms with Crippen molar-refractivity contribution in [3.8, 4) is 0 Å². The Morgan fingerprint density at radius 2 is 2.19 bits per heavy atom. The average Bonchev–Trinajstić information content (AvgIpc) is 2.26. The molecule has 0 unspecified atom stereocenters. The zero-order chi connectivity index (χ0) is 12.0. The molecule has 4 heteroatoms. The van der Waals surface area contributed by atoms with Gasteiger partial charge in [0, 0.05) is 10.0 Å². The molecule has 0 aliphatic heterocycles. The number of ether oxygens (including phenoxy) is 1. The summed E-state index contributed by atoms with van der Waals surface area (Å²) in [6.07, 6.45) is 1.55. The number of halogens is 1.